The van der Waals surface area contributed by atoms with E-state index in [9.17, 15) is 18.0 Å². The number of hydrogen-bond acceptors (Lipinski definition) is 1. The summed E-state index contributed by atoms with van der Waals surface area (Å²) >= 11 is 2.12. The van der Waals surface area contributed by atoms with Crippen LogP contribution in [0.2, 0.25) is 0 Å². The largest absolute Gasteiger partial charge is 0.352 e. The number of rotatable bonds is 4. The molecule has 16 heavy (non-hydrogen) atoms. The van der Waals surface area contributed by atoms with E-state index in [1.54, 1.807) is 0 Å². The smallest absolute Gasteiger partial charge is 0.257 e. The molecule has 1 aromatic carbocycles. The minimum absolute atomic E-state index is 0.331. The topological polar surface area (TPSA) is 29.1 Å². The van der Waals surface area contributed by atoms with E-state index in [1.165, 1.54) is 0 Å². The van der Waals surface area contributed by atoms with E-state index >= 15 is 0 Å². The number of benzene rings is 1. The van der Waals surface area contributed by atoms with Crippen LogP contribution in [0.3, 0.4) is 0 Å². The van der Waals surface area contributed by atoms with Crippen LogP contribution in [0.5, 0.6) is 0 Å². The third-order valence-electron chi connectivity index (χ3n) is 1.83. The molecular formula is C10H9F3INO. The van der Waals surface area contributed by atoms with Gasteiger partial charge < -0.3 is 5.32 Å². The summed E-state index contributed by atoms with van der Waals surface area (Å²) in [7, 11) is 0. The second-order valence-electron chi connectivity index (χ2n) is 3.04. The molecule has 2 nitrogen and oxygen atoms in total. The Labute approximate surface area is 104 Å². The van der Waals surface area contributed by atoms with Gasteiger partial charge in [0.2, 0.25) is 0 Å². The Hall–Kier alpha value is -0.790. The molecule has 0 saturated carbocycles. The van der Waals surface area contributed by atoms with Gasteiger partial charge in [-0.15, -0.1) is 0 Å². The van der Waals surface area contributed by atoms with Crippen LogP contribution in [-0.2, 0) is 0 Å². The molecule has 0 aromatic heterocycles. The van der Waals surface area contributed by atoms with Crippen LogP contribution < -0.4 is 5.32 Å². The highest BCUT2D eigenvalue weighted by atomic mass is 127. The zero-order chi connectivity index (χ0) is 12.1. The molecule has 6 heteroatoms. The summed E-state index contributed by atoms with van der Waals surface area (Å²) < 4.78 is 39.6. The summed E-state index contributed by atoms with van der Waals surface area (Å²) in [4.78, 5) is 11.4. The molecule has 0 aliphatic heterocycles. The normalized spacial score (nSPS) is 10.2. The first kappa shape index (κ1) is 13.3. The molecule has 0 heterocycles. The number of hydrogen-bond donors (Lipinski definition) is 1. The number of alkyl halides is 1. The Morgan fingerprint density at radius 2 is 1.81 bits per heavy atom. The van der Waals surface area contributed by atoms with Gasteiger partial charge in [0.25, 0.3) is 5.91 Å². The van der Waals surface area contributed by atoms with Gasteiger partial charge in [0.1, 0.15) is 23.0 Å². The first-order valence-corrected chi connectivity index (χ1v) is 6.07. The van der Waals surface area contributed by atoms with Crippen molar-refractivity contribution >= 4 is 28.5 Å². The van der Waals surface area contributed by atoms with Crippen LogP contribution in [0, 0.1) is 17.5 Å². The molecule has 1 amide bonds. The first-order valence-electron chi connectivity index (χ1n) is 4.55. The molecule has 0 fully saturated rings. The maximum atomic E-state index is 13.1. The Bertz CT molecular complexity index is 375. The minimum Gasteiger partial charge on any atom is -0.352 e. The SMILES string of the molecule is O=C(NCCCI)c1c(F)cc(F)cc1F. The van der Waals surface area contributed by atoms with Gasteiger partial charge in [-0.3, -0.25) is 4.79 Å². The third kappa shape index (κ3) is 3.36. The molecule has 0 atom stereocenters. The van der Waals surface area contributed by atoms with Gasteiger partial charge in [-0.1, -0.05) is 22.6 Å². The lowest BCUT2D eigenvalue weighted by molar-refractivity contribution is 0.0945. The molecule has 0 radical (unpaired) electrons. The fourth-order valence-electron chi connectivity index (χ4n) is 1.12. The average Bonchev–Trinajstić information content (AvgIpc) is 2.16. The zero-order valence-electron chi connectivity index (χ0n) is 8.20. The summed E-state index contributed by atoms with van der Waals surface area (Å²) in [5.74, 6) is -4.28. The highest BCUT2D eigenvalue weighted by Gasteiger charge is 2.18. The van der Waals surface area contributed by atoms with Crippen LogP contribution in [-0.4, -0.2) is 16.9 Å². The lowest BCUT2D eigenvalue weighted by atomic mass is 10.2. The second kappa shape index (κ2) is 6.07. The highest BCUT2D eigenvalue weighted by molar-refractivity contribution is 14.1. The minimum atomic E-state index is -1.19. The van der Waals surface area contributed by atoms with Gasteiger partial charge in [-0.05, 0) is 6.42 Å². The monoisotopic (exact) mass is 343 g/mol. The molecule has 0 spiro atoms. The Morgan fingerprint density at radius 3 is 2.31 bits per heavy atom. The van der Waals surface area contributed by atoms with E-state index in [1.807, 2.05) is 0 Å². The summed E-state index contributed by atoms with van der Waals surface area (Å²) in [6, 6.07) is 0.965. The molecule has 0 saturated heterocycles. The molecule has 1 rings (SSSR count). The number of halogens is 4. The van der Waals surface area contributed by atoms with Gasteiger partial charge in [0.15, 0.2) is 0 Å². The first-order chi connectivity index (χ1) is 7.56. The van der Waals surface area contributed by atoms with E-state index in [-0.39, 0.29) is 0 Å². The Morgan fingerprint density at radius 1 is 1.25 bits per heavy atom. The zero-order valence-corrected chi connectivity index (χ0v) is 10.4. The fraction of sp³-hybridized carbons (Fsp3) is 0.300. The predicted octanol–water partition coefficient (Wildman–Crippen LogP) is 2.66. The summed E-state index contributed by atoms with van der Waals surface area (Å²) in [5, 5.41) is 2.35. The predicted molar refractivity (Wildman–Crippen MR) is 62.2 cm³/mol. The molecule has 88 valence electrons. The highest BCUT2D eigenvalue weighted by Crippen LogP contribution is 2.14. The summed E-state index contributed by atoms with van der Waals surface area (Å²) in [6.07, 6.45) is 0.705. The van der Waals surface area contributed by atoms with E-state index in [4.69, 9.17) is 0 Å². The van der Waals surface area contributed by atoms with Crippen molar-refractivity contribution in [3.63, 3.8) is 0 Å². The second-order valence-corrected chi connectivity index (χ2v) is 4.12. The number of carbonyl (C=O) groups is 1. The average molecular weight is 343 g/mol. The van der Waals surface area contributed by atoms with E-state index in [2.05, 4.69) is 27.9 Å². The van der Waals surface area contributed by atoms with Crippen molar-refractivity contribution in [1.82, 2.24) is 5.32 Å². The number of nitrogens with one attached hydrogen (secondary N) is 1. The van der Waals surface area contributed by atoms with Crippen LogP contribution in [0.1, 0.15) is 16.8 Å². The van der Waals surface area contributed by atoms with E-state index in [0.29, 0.717) is 25.1 Å². The number of carbonyl (C=O) groups excluding carboxylic acids is 1. The van der Waals surface area contributed by atoms with Crippen molar-refractivity contribution in [2.75, 3.05) is 11.0 Å². The quantitative estimate of drug-likeness (QED) is 0.508. The molecule has 0 aliphatic rings. The van der Waals surface area contributed by atoms with Crippen molar-refractivity contribution in [3.05, 3.63) is 35.1 Å². The van der Waals surface area contributed by atoms with Crippen molar-refractivity contribution in [2.45, 2.75) is 6.42 Å². The summed E-state index contributed by atoms with van der Waals surface area (Å²) in [5.41, 5.74) is -0.741. The van der Waals surface area contributed by atoms with Crippen molar-refractivity contribution in [2.24, 2.45) is 0 Å². The van der Waals surface area contributed by atoms with Crippen molar-refractivity contribution in [1.29, 1.82) is 0 Å². The number of amides is 1. The van der Waals surface area contributed by atoms with Crippen LogP contribution >= 0.6 is 22.6 Å². The fourth-order valence-corrected chi connectivity index (χ4v) is 1.50. The van der Waals surface area contributed by atoms with Crippen molar-refractivity contribution in [3.8, 4) is 0 Å². The van der Waals surface area contributed by atoms with Crippen LogP contribution in [0.25, 0.3) is 0 Å². The Balaban J connectivity index is 2.83. The van der Waals surface area contributed by atoms with Gasteiger partial charge in [0.05, 0.1) is 0 Å². The van der Waals surface area contributed by atoms with Crippen LogP contribution in [0.15, 0.2) is 12.1 Å². The molecule has 1 N–H and O–H groups in total. The van der Waals surface area contributed by atoms with Crippen LogP contribution in [0.4, 0.5) is 13.2 Å². The third-order valence-corrected chi connectivity index (χ3v) is 2.59. The molecule has 0 unspecified atom stereocenters. The standard InChI is InChI=1S/C10H9F3INO/c11-6-4-7(12)9(8(13)5-6)10(16)15-3-1-2-14/h4-5H,1-3H2,(H,15,16). The maximum absolute atomic E-state index is 13.1. The van der Waals surface area contributed by atoms with Gasteiger partial charge in [0, 0.05) is 23.1 Å². The van der Waals surface area contributed by atoms with Gasteiger partial charge in [-0.25, -0.2) is 13.2 Å². The van der Waals surface area contributed by atoms with Crippen molar-refractivity contribution < 1.29 is 18.0 Å². The molecule has 0 bridgehead atoms. The lowest BCUT2D eigenvalue weighted by Gasteiger charge is -2.06. The van der Waals surface area contributed by atoms with E-state index < -0.39 is 28.9 Å². The molecule has 1 aromatic rings. The van der Waals surface area contributed by atoms with Gasteiger partial charge in [-0.2, -0.15) is 0 Å². The molecule has 0 aliphatic carbocycles. The maximum Gasteiger partial charge on any atom is 0.257 e. The summed E-state index contributed by atoms with van der Waals surface area (Å²) in [6.45, 7) is 0.331. The van der Waals surface area contributed by atoms with E-state index in [0.717, 1.165) is 4.43 Å². The van der Waals surface area contributed by atoms with Gasteiger partial charge >= 0.3 is 0 Å². The lowest BCUT2D eigenvalue weighted by Crippen LogP contribution is -2.26. The molecular weight excluding hydrogens is 334 g/mol. The Kier molecular flexibility index (Phi) is 5.04.